The van der Waals surface area contributed by atoms with Gasteiger partial charge in [-0.05, 0) is 31.1 Å². The van der Waals surface area contributed by atoms with E-state index in [-0.39, 0.29) is 0 Å². The van der Waals surface area contributed by atoms with E-state index in [1.165, 1.54) is 25.7 Å². The highest BCUT2D eigenvalue weighted by Crippen LogP contribution is 2.47. The van der Waals surface area contributed by atoms with Gasteiger partial charge in [0.05, 0.1) is 0 Å². The molecule has 2 rings (SSSR count). The third-order valence-corrected chi connectivity index (χ3v) is 3.77. The molecule has 0 nitrogen and oxygen atoms in total. The van der Waals surface area contributed by atoms with E-state index in [1.54, 1.807) is 0 Å². The van der Waals surface area contributed by atoms with Crippen molar-refractivity contribution < 1.29 is 0 Å². The van der Waals surface area contributed by atoms with Gasteiger partial charge in [-0.3, -0.25) is 0 Å². The minimum atomic E-state index is 0.890. The highest BCUT2D eigenvalue weighted by Gasteiger charge is 2.37. The maximum atomic E-state index is 3.70. The fourth-order valence-corrected chi connectivity index (χ4v) is 3.18. The number of rotatable bonds is 0. The molecule has 0 aliphatic heterocycles. The third-order valence-electron chi connectivity index (χ3n) is 2.65. The van der Waals surface area contributed by atoms with Crippen molar-refractivity contribution in [3.8, 4) is 0 Å². The summed E-state index contributed by atoms with van der Waals surface area (Å²) in [5.74, 6) is 2.16. The van der Waals surface area contributed by atoms with Crippen LogP contribution in [-0.4, -0.2) is 4.83 Å². The number of fused-ring (bicyclic) bond motifs is 2. The number of halogens is 1. The lowest BCUT2D eigenvalue weighted by Crippen LogP contribution is -2.07. The largest absolute Gasteiger partial charge is 0.0888 e. The van der Waals surface area contributed by atoms with Gasteiger partial charge in [0.25, 0.3) is 0 Å². The molecule has 8 heavy (non-hydrogen) atoms. The average Bonchev–Trinajstić information content (AvgIpc) is 2.23. The van der Waals surface area contributed by atoms with Crippen LogP contribution >= 0.6 is 15.9 Å². The van der Waals surface area contributed by atoms with Crippen molar-refractivity contribution in [1.82, 2.24) is 0 Å². The maximum Gasteiger partial charge on any atom is 0.0176 e. The van der Waals surface area contributed by atoms with Crippen LogP contribution in [0.15, 0.2) is 0 Å². The van der Waals surface area contributed by atoms with E-state index in [1.807, 2.05) is 0 Å². The fourth-order valence-electron chi connectivity index (χ4n) is 2.17. The van der Waals surface area contributed by atoms with E-state index < -0.39 is 0 Å². The Balaban J connectivity index is 2.11. The van der Waals surface area contributed by atoms with Gasteiger partial charge in [0.15, 0.2) is 0 Å². The molecule has 2 fully saturated rings. The lowest BCUT2D eigenvalue weighted by Gasteiger charge is -2.13. The fraction of sp³-hybridized carbons (Fsp3) is 1.00. The van der Waals surface area contributed by atoms with Crippen molar-refractivity contribution in [2.75, 3.05) is 0 Å². The van der Waals surface area contributed by atoms with Crippen LogP contribution in [0.4, 0.5) is 0 Å². The molecule has 2 aliphatic carbocycles. The zero-order valence-corrected chi connectivity index (χ0v) is 6.52. The van der Waals surface area contributed by atoms with E-state index in [0.29, 0.717) is 0 Å². The number of alkyl halides is 1. The van der Waals surface area contributed by atoms with Gasteiger partial charge in [0.2, 0.25) is 0 Å². The Labute approximate surface area is 58.8 Å². The molecule has 2 saturated carbocycles. The summed E-state index contributed by atoms with van der Waals surface area (Å²) in [4.78, 5) is 0.890. The highest BCUT2D eigenvalue weighted by atomic mass is 79.9. The van der Waals surface area contributed by atoms with Crippen molar-refractivity contribution in [3.05, 3.63) is 0 Å². The van der Waals surface area contributed by atoms with Crippen LogP contribution in [-0.2, 0) is 0 Å². The molecule has 0 spiro atoms. The van der Waals surface area contributed by atoms with Crippen molar-refractivity contribution in [2.45, 2.75) is 30.5 Å². The molecule has 2 bridgehead atoms. The van der Waals surface area contributed by atoms with Crippen molar-refractivity contribution in [2.24, 2.45) is 11.8 Å². The van der Waals surface area contributed by atoms with E-state index in [2.05, 4.69) is 15.9 Å². The second kappa shape index (κ2) is 1.73. The molecule has 0 saturated heterocycles. The minimum absolute atomic E-state index is 0.890. The first-order valence-corrected chi connectivity index (χ1v) is 4.42. The van der Waals surface area contributed by atoms with Crippen molar-refractivity contribution in [3.63, 3.8) is 0 Å². The lowest BCUT2D eigenvalue weighted by molar-refractivity contribution is 0.497. The third kappa shape index (κ3) is 0.637. The lowest BCUT2D eigenvalue weighted by atomic mass is 10.0. The Bertz CT molecular complexity index is 98.6. The molecule has 1 heteroatoms. The van der Waals surface area contributed by atoms with Gasteiger partial charge >= 0.3 is 0 Å². The molecule has 1 unspecified atom stereocenters. The molecule has 0 heterocycles. The van der Waals surface area contributed by atoms with Crippen LogP contribution in [0.5, 0.6) is 0 Å². The Morgan fingerprint density at radius 3 is 2.25 bits per heavy atom. The normalized spacial score (nSPS) is 52.9. The zero-order valence-electron chi connectivity index (χ0n) is 4.94. The smallest absolute Gasteiger partial charge is 0.0176 e. The molecule has 0 amide bonds. The first-order chi connectivity index (χ1) is 3.86. The summed E-state index contributed by atoms with van der Waals surface area (Å²) >= 11 is 3.70. The Morgan fingerprint density at radius 1 is 1.12 bits per heavy atom. The monoisotopic (exact) mass is 174 g/mol. The minimum Gasteiger partial charge on any atom is -0.0888 e. The van der Waals surface area contributed by atoms with Crippen LogP contribution in [0.25, 0.3) is 0 Å². The quantitative estimate of drug-likeness (QED) is 0.496. The van der Waals surface area contributed by atoms with Crippen LogP contribution < -0.4 is 0 Å². The maximum absolute atomic E-state index is 3.70. The molecule has 2 aliphatic rings. The predicted molar refractivity (Wildman–Crippen MR) is 38.2 cm³/mol. The molecule has 0 radical (unpaired) electrons. The molecular weight excluding hydrogens is 164 g/mol. The topological polar surface area (TPSA) is 0 Å². The molecule has 0 N–H and O–H groups in total. The van der Waals surface area contributed by atoms with Gasteiger partial charge < -0.3 is 0 Å². The summed E-state index contributed by atoms with van der Waals surface area (Å²) in [5.41, 5.74) is 0. The predicted octanol–water partition coefficient (Wildman–Crippen LogP) is 2.57. The van der Waals surface area contributed by atoms with Gasteiger partial charge in [-0.25, -0.2) is 0 Å². The Hall–Kier alpha value is 0.480. The zero-order chi connectivity index (χ0) is 5.56. The van der Waals surface area contributed by atoms with E-state index in [9.17, 15) is 0 Å². The first-order valence-electron chi connectivity index (χ1n) is 3.50. The van der Waals surface area contributed by atoms with Gasteiger partial charge in [-0.2, -0.15) is 0 Å². The van der Waals surface area contributed by atoms with Gasteiger partial charge in [0.1, 0.15) is 0 Å². The SMILES string of the molecule is BrC1C[C@@H]2CC[C@H]1C2. The standard InChI is InChI=1S/C7H11Br/c8-7-4-5-1-2-6(7)3-5/h5-7H,1-4H2/t5-,6+,7?/m1/s1. The Morgan fingerprint density at radius 2 is 2.00 bits per heavy atom. The molecular formula is C7H11Br. The molecule has 46 valence electrons. The second-order valence-corrected chi connectivity index (χ2v) is 4.37. The molecule has 0 aromatic carbocycles. The second-order valence-electron chi connectivity index (χ2n) is 3.19. The van der Waals surface area contributed by atoms with E-state index in [4.69, 9.17) is 0 Å². The summed E-state index contributed by atoms with van der Waals surface area (Å²) in [5, 5.41) is 0. The van der Waals surface area contributed by atoms with Gasteiger partial charge in [0, 0.05) is 4.83 Å². The molecule has 0 aromatic rings. The number of hydrogen-bond acceptors (Lipinski definition) is 0. The highest BCUT2D eigenvalue weighted by molar-refractivity contribution is 9.09. The molecule has 3 atom stereocenters. The van der Waals surface area contributed by atoms with Gasteiger partial charge in [-0.15, -0.1) is 0 Å². The summed E-state index contributed by atoms with van der Waals surface area (Å²) in [6.45, 7) is 0. The van der Waals surface area contributed by atoms with Crippen LogP contribution in [0.3, 0.4) is 0 Å². The Kier molecular flexibility index (Phi) is 1.14. The summed E-state index contributed by atoms with van der Waals surface area (Å²) in [7, 11) is 0. The van der Waals surface area contributed by atoms with Crippen LogP contribution in [0.2, 0.25) is 0 Å². The van der Waals surface area contributed by atoms with Crippen LogP contribution in [0.1, 0.15) is 25.7 Å². The van der Waals surface area contributed by atoms with Crippen molar-refractivity contribution >= 4 is 15.9 Å². The van der Waals surface area contributed by atoms with E-state index >= 15 is 0 Å². The average molecular weight is 175 g/mol. The summed E-state index contributed by atoms with van der Waals surface area (Å²) < 4.78 is 0. The van der Waals surface area contributed by atoms with Crippen molar-refractivity contribution in [1.29, 1.82) is 0 Å². The number of hydrogen-bond donors (Lipinski definition) is 0. The summed E-state index contributed by atoms with van der Waals surface area (Å²) in [6.07, 6.45) is 6.01. The summed E-state index contributed by atoms with van der Waals surface area (Å²) in [6, 6.07) is 0. The first kappa shape index (κ1) is 5.28. The van der Waals surface area contributed by atoms with Crippen LogP contribution in [0, 0.1) is 11.8 Å². The molecule has 0 aromatic heterocycles. The van der Waals surface area contributed by atoms with Gasteiger partial charge in [-0.1, -0.05) is 22.4 Å². The van der Waals surface area contributed by atoms with E-state index in [0.717, 1.165) is 16.7 Å².